The Morgan fingerprint density at radius 2 is 1.31 bits per heavy atom. The molecule has 1 aliphatic rings. The van der Waals surface area contributed by atoms with Crippen LogP contribution in [0.25, 0.3) is 5.32 Å². The van der Waals surface area contributed by atoms with E-state index in [0.717, 1.165) is 0 Å². The van der Waals surface area contributed by atoms with E-state index in [2.05, 4.69) is 46.0 Å². The molecule has 4 heteroatoms. The number of hydrogen-bond acceptors (Lipinski definition) is 0. The quantitative estimate of drug-likeness (QED) is 0.459. The molecule has 1 nitrogen and oxygen atoms in total. The summed E-state index contributed by atoms with van der Waals surface area (Å²) in [5, 5.41) is 3.50. The standard InChI is InChI=1S/C10H15.C2H6N.2ClH.Ti/c1-7-6-10(4,5)9(3)8(7)2;1-3-2;;;/h1-5H3;1-2H3;2*1H;/q2*-1;;;+2. The summed E-state index contributed by atoms with van der Waals surface area (Å²) in [6.45, 7) is 10.9. The molecule has 0 saturated heterocycles. The maximum atomic E-state index is 3.50. The molecule has 0 heterocycles. The fraction of sp³-hybridized carbons (Fsp3) is 0.667. The third kappa shape index (κ3) is 7.14. The smallest absolute Gasteiger partial charge is 0.668 e. The monoisotopic (exact) mass is 299 g/mol. The minimum atomic E-state index is 0. The maximum absolute atomic E-state index is 3.50. The molecule has 94 valence electrons. The Bertz CT molecular complexity index is 245. The average molecular weight is 300 g/mol. The fourth-order valence-corrected chi connectivity index (χ4v) is 1.41. The molecule has 1 aliphatic carbocycles. The Balaban J connectivity index is -0.000000109. The van der Waals surface area contributed by atoms with E-state index in [0.29, 0.717) is 0 Å². The number of halogens is 2. The van der Waals surface area contributed by atoms with Crippen molar-refractivity contribution in [2.75, 3.05) is 14.1 Å². The van der Waals surface area contributed by atoms with Gasteiger partial charge in [-0.15, -0.1) is 31.7 Å². The second-order valence-corrected chi connectivity index (χ2v) is 4.07. The van der Waals surface area contributed by atoms with Gasteiger partial charge in [-0.3, -0.25) is 6.08 Å². The summed E-state index contributed by atoms with van der Waals surface area (Å²) < 4.78 is 0. The molecule has 0 aromatic rings. The van der Waals surface area contributed by atoms with Crippen molar-refractivity contribution in [3.8, 4) is 0 Å². The van der Waals surface area contributed by atoms with Gasteiger partial charge in [0.25, 0.3) is 0 Å². The third-order valence-electron chi connectivity index (χ3n) is 2.56. The largest absolute Gasteiger partial charge is 2.00 e. The number of hydrogen-bond donors (Lipinski definition) is 0. The summed E-state index contributed by atoms with van der Waals surface area (Å²) in [5.41, 5.74) is 4.39. The molecule has 0 aromatic heterocycles. The molecule has 16 heavy (non-hydrogen) atoms. The van der Waals surface area contributed by atoms with Gasteiger partial charge in [0.15, 0.2) is 0 Å². The van der Waals surface area contributed by atoms with Crippen molar-refractivity contribution < 1.29 is 21.7 Å². The molecular weight excluding hydrogens is 277 g/mol. The van der Waals surface area contributed by atoms with Crippen molar-refractivity contribution >= 4 is 24.8 Å². The zero-order valence-corrected chi connectivity index (χ0v) is 14.5. The van der Waals surface area contributed by atoms with Crippen LogP contribution in [0.5, 0.6) is 0 Å². The molecule has 0 amide bonds. The molecule has 0 bridgehead atoms. The van der Waals surface area contributed by atoms with Crippen LogP contribution in [0, 0.1) is 11.5 Å². The van der Waals surface area contributed by atoms with Crippen molar-refractivity contribution in [2.24, 2.45) is 5.41 Å². The Labute approximate surface area is 128 Å². The minimum Gasteiger partial charge on any atom is -0.668 e. The van der Waals surface area contributed by atoms with Gasteiger partial charge in [-0.2, -0.15) is 25.2 Å². The third-order valence-corrected chi connectivity index (χ3v) is 2.56. The first-order valence-electron chi connectivity index (χ1n) is 4.64. The van der Waals surface area contributed by atoms with Crippen molar-refractivity contribution in [3.63, 3.8) is 0 Å². The molecule has 0 atom stereocenters. The topological polar surface area (TPSA) is 14.1 Å². The molecular formula is C12H23Cl2NTi. The van der Waals surface area contributed by atoms with E-state index in [-0.39, 0.29) is 51.9 Å². The van der Waals surface area contributed by atoms with Crippen LogP contribution in [0.4, 0.5) is 0 Å². The van der Waals surface area contributed by atoms with E-state index in [1.807, 2.05) is 0 Å². The SMILES string of the molecule is CC1=[C-]C(C)(C)C(C)=C1C.C[N-]C.Cl.Cl.[Ti+2]. The van der Waals surface area contributed by atoms with Gasteiger partial charge in [-0.05, 0) is 0 Å². The first kappa shape index (κ1) is 25.5. The summed E-state index contributed by atoms with van der Waals surface area (Å²) in [7, 11) is 3.50. The van der Waals surface area contributed by atoms with Crippen molar-refractivity contribution in [2.45, 2.75) is 34.6 Å². The van der Waals surface area contributed by atoms with Crippen LogP contribution in [0.1, 0.15) is 34.6 Å². The predicted octanol–water partition coefficient (Wildman–Crippen LogP) is 4.57. The van der Waals surface area contributed by atoms with Gasteiger partial charge in [0.2, 0.25) is 0 Å². The van der Waals surface area contributed by atoms with Gasteiger partial charge >= 0.3 is 21.7 Å². The summed E-state index contributed by atoms with van der Waals surface area (Å²) in [4.78, 5) is 0. The van der Waals surface area contributed by atoms with Crippen LogP contribution in [0.15, 0.2) is 16.7 Å². The van der Waals surface area contributed by atoms with E-state index in [1.54, 1.807) is 14.1 Å². The van der Waals surface area contributed by atoms with Crippen LogP contribution < -0.4 is 0 Å². The fourth-order valence-electron chi connectivity index (χ4n) is 1.41. The first-order chi connectivity index (χ1) is 5.86. The van der Waals surface area contributed by atoms with Crippen LogP contribution >= 0.6 is 24.8 Å². The van der Waals surface area contributed by atoms with E-state index >= 15 is 0 Å². The zero-order chi connectivity index (χ0) is 10.6. The molecule has 0 radical (unpaired) electrons. The van der Waals surface area contributed by atoms with Gasteiger partial charge in [0.1, 0.15) is 0 Å². The van der Waals surface area contributed by atoms with E-state index < -0.39 is 0 Å². The average Bonchev–Trinajstić information content (AvgIpc) is 2.16. The van der Waals surface area contributed by atoms with Crippen molar-refractivity contribution in [1.29, 1.82) is 0 Å². The van der Waals surface area contributed by atoms with Gasteiger partial charge in [-0.1, -0.05) is 33.1 Å². The zero-order valence-electron chi connectivity index (χ0n) is 11.3. The summed E-state index contributed by atoms with van der Waals surface area (Å²) in [6.07, 6.45) is 3.44. The molecule has 0 unspecified atom stereocenters. The second kappa shape index (κ2) is 10.9. The van der Waals surface area contributed by atoms with Gasteiger partial charge in [-0.25, -0.2) is 5.57 Å². The molecule has 0 spiro atoms. The number of rotatable bonds is 0. The number of allylic oxidation sites excluding steroid dienone is 4. The molecule has 0 fully saturated rings. The molecule has 0 saturated carbocycles. The Kier molecular flexibility index (Phi) is 17.3. The van der Waals surface area contributed by atoms with Gasteiger partial charge < -0.3 is 5.32 Å². The predicted molar refractivity (Wildman–Crippen MR) is 74.3 cm³/mol. The van der Waals surface area contributed by atoms with Crippen LogP contribution in [0.2, 0.25) is 0 Å². The summed E-state index contributed by atoms with van der Waals surface area (Å²) in [6, 6.07) is 0. The van der Waals surface area contributed by atoms with E-state index in [1.165, 1.54) is 16.7 Å². The second-order valence-electron chi connectivity index (χ2n) is 4.07. The Hall–Kier alpha value is 0.734. The van der Waals surface area contributed by atoms with Crippen LogP contribution in [-0.2, 0) is 21.7 Å². The minimum absolute atomic E-state index is 0. The van der Waals surface area contributed by atoms with Crippen LogP contribution in [-0.4, -0.2) is 14.1 Å². The normalized spacial score (nSPS) is 15.8. The van der Waals surface area contributed by atoms with E-state index in [4.69, 9.17) is 0 Å². The van der Waals surface area contributed by atoms with Gasteiger partial charge in [0, 0.05) is 0 Å². The molecule has 0 N–H and O–H groups in total. The van der Waals surface area contributed by atoms with E-state index in [9.17, 15) is 0 Å². The molecule has 0 aliphatic heterocycles. The Morgan fingerprint density at radius 3 is 1.38 bits per heavy atom. The van der Waals surface area contributed by atoms with Crippen molar-refractivity contribution in [3.05, 3.63) is 28.1 Å². The maximum Gasteiger partial charge on any atom is 2.00 e. The molecule has 1 rings (SSSR count). The van der Waals surface area contributed by atoms with Gasteiger partial charge in [0.05, 0.1) is 0 Å². The van der Waals surface area contributed by atoms with Crippen molar-refractivity contribution in [1.82, 2.24) is 0 Å². The Morgan fingerprint density at radius 1 is 1.00 bits per heavy atom. The number of nitrogens with zero attached hydrogens (tertiary/aromatic N) is 1. The summed E-state index contributed by atoms with van der Waals surface area (Å²) >= 11 is 0. The summed E-state index contributed by atoms with van der Waals surface area (Å²) in [5.74, 6) is 0. The first-order valence-corrected chi connectivity index (χ1v) is 4.64. The molecule has 0 aromatic carbocycles. The van der Waals surface area contributed by atoms with Crippen LogP contribution in [0.3, 0.4) is 0 Å².